The fourth-order valence-electron chi connectivity index (χ4n) is 3.25. The van der Waals surface area contributed by atoms with Crippen molar-refractivity contribution in [1.29, 1.82) is 0 Å². The Balaban J connectivity index is 1.73. The average Bonchev–Trinajstić information content (AvgIpc) is 2.81. The molecule has 21 heavy (non-hydrogen) atoms. The number of ether oxygens (including phenoxy) is 1. The van der Waals surface area contributed by atoms with Crippen molar-refractivity contribution in [3.8, 4) is 0 Å². The van der Waals surface area contributed by atoms with E-state index in [9.17, 15) is 0 Å². The van der Waals surface area contributed by atoms with Crippen molar-refractivity contribution in [2.24, 2.45) is 0 Å². The summed E-state index contributed by atoms with van der Waals surface area (Å²) in [6, 6.07) is 8.87. The highest BCUT2D eigenvalue weighted by Gasteiger charge is 2.28. The Morgan fingerprint density at radius 2 is 2.19 bits per heavy atom. The van der Waals surface area contributed by atoms with E-state index in [1.54, 1.807) is 0 Å². The molecule has 114 valence electrons. The summed E-state index contributed by atoms with van der Waals surface area (Å²) < 4.78 is 8.08. The highest BCUT2D eigenvalue weighted by Crippen LogP contribution is 2.24. The van der Waals surface area contributed by atoms with Gasteiger partial charge in [-0.25, -0.2) is 4.98 Å². The molecule has 1 atom stereocenters. The van der Waals surface area contributed by atoms with Gasteiger partial charge in [-0.05, 0) is 45.7 Å². The molecule has 1 aromatic heterocycles. The predicted molar refractivity (Wildman–Crippen MR) is 85.3 cm³/mol. The number of imidazole rings is 1. The number of para-hydroxylation sites is 2. The van der Waals surface area contributed by atoms with Gasteiger partial charge in [0.1, 0.15) is 5.82 Å². The molecule has 1 unspecified atom stereocenters. The van der Waals surface area contributed by atoms with E-state index in [0.29, 0.717) is 6.04 Å². The lowest BCUT2D eigenvalue weighted by Crippen LogP contribution is -2.43. The third-order valence-electron chi connectivity index (χ3n) is 4.30. The molecule has 3 rings (SSSR count). The van der Waals surface area contributed by atoms with Crippen molar-refractivity contribution in [2.75, 3.05) is 6.61 Å². The molecule has 0 bridgehead atoms. The van der Waals surface area contributed by atoms with Crippen molar-refractivity contribution >= 4 is 11.0 Å². The zero-order chi connectivity index (χ0) is 14.9. The predicted octanol–water partition coefficient (Wildman–Crippen LogP) is 3.10. The second-order valence-corrected chi connectivity index (χ2v) is 6.44. The van der Waals surface area contributed by atoms with Crippen LogP contribution in [0.15, 0.2) is 24.3 Å². The molecule has 1 N–H and O–H groups in total. The third-order valence-corrected chi connectivity index (χ3v) is 4.30. The van der Waals surface area contributed by atoms with Crippen molar-refractivity contribution in [1.82, 2.24) is 14.9 Å². The largest absolute Gasteiger partial charge is 0.375 e. The highest BCUT2D eigenvalue weighted by atomic mass is 16.5. The zero-order valence-corrected chi connectivity index (χ0v) is 13.2. The molecule has 2 aromatic rings. The number of nitrogens with one attached hydrogen (secondary N) is 1. The van der Waals surface area contributed by atoms with Crippen LogP contribution in [0.4, 0.5) is 0 Å². The molecule has 4 nitrogen and oxygen atoms in total. The van der Waals surface area contributed by atoms with Crippen molar-refractivity contribution in [2.45, 2.75) is 58.3 Å². The van der Waals surface area contributed by atoms with Crippen LogP contribution < -0.4 is 5.32 Å². The molecule has 1 aliphatic heterocycles. The summed E-state index contributed by atoms with van der Waals surface area (Å²) in [6.45, 7) is 9.13. The van der Waals surface area contributed by atoms with Gasteiger partial charge in [0.2, 0.25) is 0 Å². The molecule has 1 fully saturated rings. The van der Waals surface area contributed by atoms with Gasteiger partial charge in [0.15, 0.2) is 0 Å². The first-order valence-corrected chi connectivity index (χ1v) is 7.90. The van der Waals surface area contributed by atoms with Gasteiger partial charge in [-0.2, -0.15) is 0 Å². The first kappa shape index (κ1) is 14.5. The first-order valence-electron chi connectivity index (χ1n) is 7.90. The van der Waals surface area contributed by atoms with Gasteiger partial charge in [0.25, 0.3) is 0 Å². The van der Waals surface area contributed by atoms with Crippen LogP contribution in [0.25, 0.3) is 11.0 Å². The molecule has 0 spiro atoms. The van der Waals surface area contributed by atoms with Crippen LogP contribution in [-0.4, -0.2) is 27.8 Å². The van der Waals surface area contributed by atoms with Crippen molar-refractivity contribution in [3.05, 3.63) is 30.1 Å². The Labute approximate surface area is 126 Å². The minimum absolute atomic E-state index is 0.0131. The minimum Gasteiger partial charge on any atom is -0.375 e. The number of hydrogen-bond donors (Lipinski definition) is 1. The summed E-state index contributed by atoms with van der Waals surface area (Å²) in [5.41, 5.74) is 2.30. The Morgan fingerprint density at radius 1 is 1.38 bits per heavy atom. The summed E-state index contributed by atoms with van der Waals surface area (Å²) in [7, 11) is 0. The molecule has 1 aromatic carbocycles. The number of nitrogens with zero attached hydrogens (tertiary/aromatic N) is 2. The van der Waals surface area contributed by atoms with Gasteiger partial charge >= 0.3 is 0 Å². The van der Waals surface area contributed by atoms with E-state index in [1.807, 2.05) is 6.07 Å². The monoisotopic (exact) mass is 287 g/mol. The lowest BCUT2D eigenvalue weighted by molar-refractivity contribution is -0.0631. The van der Waals surface area contributed by atoms with E-state index in [4.69, 9.17) is 9.72 Å². The van der Waals surface area contributed by atoms with Crippen LogP contribution in [-0.2, 0) is 17.8 Å². The average molecular weight is 287 g/mol. The Bertz CT molecular complexity index is 618. The zero-order valence-electron chi connectivity index (χ0n) is 13.2. The maximum atomic E-state index is 5.78. The lowest BCUT2D eigenvalue weighted by Gasteiger charge is -2.35. The number of rotatable bonds is 4. The van der Waals surface area contributed by atoms with Gasteiger partial charge in [0, 0.05) is 19.2 Å². The molecule has 2 heterocycles. The highest BCUT2D eigenvalue weighted by molar-refractivity contribution is 5.75. The van der Waals surface area contributed by atoms with Crippen molar-refractivity contribution < 1.29 is 4.74 Å². The maximum Gasteiger partial charge on any atom is 0.123 e. The molecule has 0 amide bonds. The molecule has 0 aliphatic carbocycles. The SMILES string of the molecule is CCn1c(CNC2CCOC(C)(C)C2)nc2ccccc21. The van der Waals surface area contributed by atoms with Gasteiger partial charge in [0.05, 0.1) is 23.2 Å². The summed E-state index contributed by atoms with van der Waals surface area (Å²) in [4.78, 5) is 4.77. The quantitative estimate of drug-likeness (QED) is 0.939. The standard InChI is InChI=1S/C17H25N3O/c1-4-20-15-8-6-5-7-14(15)19-16(20)12-18-13-9-10-21-17(2,3)11-13/h5-8,13,18H,4,9-12H2,1-3H3. The third kappa shape index (κ3) is 3.11. The van der Waals surface area contributed by atoms with Crippen molar-refractivity contribution in [3.63, 3.8) is 0 Å². The Kier molecular flexibility index (Phi) is 4.00. The molecule has 1 aliphatic rings. The second-order valence-electron chi connectivity index (χ2n) is 6.44. The second kappa shape index (κ2) is 5.78. The minimum atomic E-state index is -0.0131. The van der Waals surface area contributed by atoms with Crippen LogP contribution >= 0.6 is 0 Å². The Morgan fingerprint density at radius 3 is 2.95 bits per heavy atom. The van der Waals surface area contributed by atoms with Gasteiger partial charge < -0.3 is 14.6 Å². The molecule has 0 saturated carbocycles. The summed E-state index contributed by atoms with van der Waals surface area (Å²) in [5.74, 6) is 1.13. The lowest BCUT2D eigenvalue weighted by atomic mass is 9.94. The van der Waals surface area contributed by atoms with E-state index in [2.05, 4.69) is 48.9 Å². The van der Waals surface area contributed by atoms with Crippen LogP contribution in [0.3, 0.4) is 0 Å². The Hall–Kier alpha value is -1.39. The summed E-state index contributed by atoms with van der Waals surface area (Å²) >= 11 is 0. The molecular formula is C17H25N3O. The number of hydrogen-bond acceptors (Lipinski definition) is 3. The molecular weight excluding hydrogens is 262 g/mol. The van der Waals surface area contributed by atoms with E-state index in [1.165, 1.54) is 5.52 Å². The van der Waals surface area contributed by atoms with Crippen LogP contribution in [0.5, 0.6) is 0 Å². The van der Waals surface area contributed by atoms with E-state index >= 15 is 0 Å². The summed E-state index contributed by atoms with van der Waals surface area (Å²) in [6.07, 6.45) is 2.13. The van der Waals surface area contributed by atoms with Crippen LogP contribution in [0, 0.1) is 0 Å². The maximum absolute atomic E-state index is 5.78. The van der Waals surface area contributed by atoms with E-state index in [-0.39, 0.29) is 5.60 Å². The molecule has 1 saturated heterocycles. The van der Waals surface area contributed by atoms with Crippen LogP contribution in [0.1, 0.15) is 39.4 Å². The van der Waals surface area contributed by atoms with E-state index < -0.39 is 0 Å². The van der Waals surface area contributed by atoms with E-state index in [0.717, 1.165) is 43.9 Å². The number of fused-ring (bicyclic) bond motifs is 1. The first-order chi connectivity index (χ1) is 10.1. The number of aromatic nitrogens is 2. The summed E-state index contributed by atoms with van der Waals surface area (Å²) in [5, 5.41) is 3.67. The molecule has 4 heteroatoms. The fraction of sp³-hybridized carbons (Fsp3) is 0.588. The van der Waals surface area contributed by atoms with Gasteiger partial charge in [-0.15, -0.1) is 0 Å². The van der Waals surface area contributed by atoms with Gasteiger partial charge in [-0.3, -0.25) is 0 Å². The van der Waals surface area contributed by atoms with Crippen LogP contribution in [0.2, 0.25) is 0 Å². The molecule has 0 radical (unpaired) electrons. The fourth-order valence-corrected chi connectivity index (χ4v) is 3.25. The number of benzene rings is 1. The normalized spacial score (nSPS) is 21.8. The topological polar surface area (TPSA) is 39.1 Å². The number of aryl methyl sites for hydroxylation is 1. The van der Waals surface area contributed by atoms with Gasteiger partial charge in [-0.1, -0.05) is 12.1 Å². The smallest absolute Gasteiger partial charge is 0.123 e.